The van der Waals surface area contributed by atoms with E-state index < -0.39 is 11.9 Å². The van der Waals surface area contributed by atoms with Gasteiger partial charge < -0.3 is 28.4 Å². The monoisotopic (exact) mass is 384 g/mol. The minimum absolute atomic E-state index is 0.112. The summed E-state index contributed by atoms with van der Waals surface area (Å²) < 4.78 is 32.9. The van der Waals surface area contributed by atoms with E-state index >= 15 is 0 Å². The van der Waals surface area contributed by atoms with Crippen molar-refractivity contribution in [2.45, 2.75) is 5.92 Å². The lowest BCUT2D eigenvalue weighted by Gasteiger charge is -2.27. The van der Waals surface area contributed by atoms with Gasteiger partial charge in [-0.1, -0.05) is 0 Å². The van der Waals surface area contributed by atoms with Gasteiger partial charge in [-0.05, 0) is 35.9 Å². The normalized spacial score (nSPS) is 17.3. The molecule has 0 bridgehead atoms. The van der Waals surface area contributed by atoms with Crippen LogP contribution in [0.3, 0.4) is 0 Å². The molecule has 2 aliphatic heterocycles. The van der Waals surface area contributed by atoms with Crippen LogP contribution in [-0.4, -0.2) is 41.0 Å². The van der Waals surface area contributed by atoms with Crippen LogP contribution in [0.4, 0.5) is 0 Å². The zero-order valence-electron chi connectivity index (χ0n) is 16.0. The second-order valence-electron chi connectivity index (χ2n) is 6.31. The van der Waals surface area contributed by atoms with Gasteiger partial charge in [0.05, 0.1) is 34.0 Å². The SMILES string of the molecule is COc1ccc2c(c1)C(c1cc(OC)c(OC)c(OC)c1)C1=C(COC1=O)O2. The number of cyclic esters (lactones) is 1. The minimum atomic E-state index is -0.419. The number of esters is 1. The van der Waals surface area contributed by atoms with Crippen molar-refractivity contribution in [2.75, 3.05) is 35.0 Å². The Morgan fingerprint density at radius 3 is 2.25 bits per heavy atom. The molecule has 2 heterocycles. The number of ether oxygens (including phenoxy) is 6. The van der Waals surface area contributed by atoms with Crippen LogP contribution in [0.15, 0.2) is 41.7 Å². The van der Waals surface area contributed by atoms with Crippen molar-refractivity contribution < 1.29 is 33.2 Å². The number of benzene rings is 2. The number of carbonyl (C=O) groups is 1. The summed E-state index contributed by atoms with van der Waals surface area (Å²) in [7, 11) is 6.24. The van der Waals surface area contributed by atoms with Crippen LogP contribution in [0, 0.1) is 0 Å². The lowest BCUT2D eigenvalue weighted by atomic mass is 9.82. The van der Waals surface area contributed by atoms with E-state index in [0.29, 0.717) is 40.1 Å². The van der Waals surface area contributed by atoms with Crippen molar-refractivity contribution in [3.63, 3.8) is 0 Å². The van der Waals surface area contributed by atoms with Crippen LogP contribution in [-0.2, 0) is 9.53 Å². The first kappa shape index (κ1) is 18.0. The molecular weight excluding hydrogens is 364 g/mol. The molecule has 1 unspecified atom stereocenters. The Kier molecular flexibility index (Phi) is 4.50. The first-order chi connectivity index (χ1) is 13.6. The van der Waals surface area contributed by atoms with Crippen molar-refractivity contribution in [3.8, 4) is 28.7 Å². The smallest absolute Gasteiger partial charge is 0.339 e. The molecule has 0 aliphatic carbocycles. The van der Waals surface area contributed by atoms with Crippen LogP contribution in [0.5, 0.6) is 28.7 Å². The zero-order valence-corrected chi connectivity index (χ0v) is 16.0. The van der Waals surface area contributed by atoms with E-state index in [-0.39, 0.29) is 6.61 Å². The quantitative estimate of drug-likeness (QED) is 0.734. The first-order valence-corrected chi connectivity index (χ1v) is 8.67. The Bertz CT molecular complexity index is 952. The Morgan fingerprint density at radius 2 is 1.64 bits per heavy atom. The molecule has 0 amide bonds. The minimum Gasteiger partial charge on any atom is -0.497 e. The van der Waals surface area contributed by atoms with E-state index in [1.807, 2.05) is 30.3 Å². The van der Waals surface area contributed by atoms with Gasteiger partial charge in [-0.25, -0.2) is 4.79 Å². The summed E-state index contributed by atoms with van der Waals surface area (Å²) in [6, 6.07) is 9.16. The molecular formula is C21H20O7. The second-order valence-corrected chi connectivity index (χ2v) is 6.31. The topological polar surface area (TPSA) is 72.5 Å². The number of methoxy groups -OCH3 is 4. The summed E-state index contributed by atoms with van der Waals surface area (Å²) in [5.74, 6) is 2.49. The number of fused-ring (bicyclic) bond motifs is 1. The number of hydrogen-bond acceptors (Lipinski definition) is 7. The van der Waals surface area contributed by atoms with Gasteiger partial charge in [-0.3, -0.25) is 0 Å². The molecule has 4 rings (SSSR count). The van der Waals surface area contributed by atoms with Gasteiger partial charge >= 0.3 is 5.97 Å². The Hall–Kier alpha value is -3.35. The molecule has 146 valence electrons. The fourth-order valence-corrected chi connectivity index (χ4v) is 3.64. The summed E-state index contributed by atoms with van der Waals surface area (Å²) in [5.41, 5.74) is 2.06. The third-order valence-electron chi connectivity index (χ3n) is 4.92. The molecule has 0 radical (unpaired) electrons. The van der Waals surface area contributed by atoms with Gasteiger partial charge in [0.1, 0.15) is 18.1 Å². The third kappa shape index (κ3) is 2.70. The van der Waals surface area contributed by atoms with Gasteiger partial charge in [0.25, 0.3) is 0 Å². The summed E-state index contributed by atoms with van der Waals surface area (Å²) >= 11 is 0. The van der Waals surface area contributed by atoms with Crippen molar-refractivity contribution in [3.05, 3.63) is 52.8 Å². The molecule has 2 aliphatic rings. The number of rotatable bonds is 5. The molecule has 28 heavy (non-hydrogen) atoms. The molecule has 0 spiro atoms. The first-order valence-electron chi connectivity index (χ1n) is 8.67. The predicted molar refractivity (Wildman–Crippen MR) is 99.5 cm³/mol. The van der Waals surface area contributed by atoms with E-state index in [9.17, 15) is 4.79 Å². The van der Waals surface area contributed by atoms with Crippen LogP contribution in [0.1, 0.15) is 17.0 Å². The number of hydrogen-bond donors (Lipinski definition) is 0. The van der Waals surface area contributed by atoms with Gasteiger partial charge in [0, 0.05) is 11.5 Å². The van der Waals surface area contributed by atoms with Crippen LogP contribution in [0.2, 0.25) is 0 Å². The molecule has 0 aromatic heterocycles. The molecule has 0 saturated carbocycles. The average Bonchev–Trinajstić information content (AvgIpc) is 3.10. The van der Waals surface area contributed by atoms with Crippen molar-refractivity contribution in [1.82, 2.24) is 0 Å². The lowest BCUT2D eigenvalue weighted by Crippen LogP contribution is -2.18. The molecule has 0 saturated heterocycles. The molecule has 1 atom stereocenters. The van der Waals surface area contributed by atoms with E-state index in [4.69, 9.17) is 28.4 Å². The predicted octanol–water partition coefficient (Wildman–Crippen LogP) is 3.06. The van der Waals surface area contributed by atoms with Crippen LogP contribution >= 0.6 is 0 Å². The molecule has 2 aromatic rings. The van der Waals surface area contributed by atoms with E-state index in [1.54, 1.807) is 28.4 Å². The number of carbonyl (C=O) groups excluding carboxylic acids is 1. The zero-order chi connectivity index (χ0) is 19.8. The standard InChI is InChI=1S/C21H20O7/c1-23-12-5-6-14-13(9-12)18(19-17(28-14)10-27-21(19)22)11-7-15(24-2)20(26-4)16(8-11)25-3/h5-9,18H,10H2,1-4H3. The highest BCUT2D eigenvalue weighted by molar-refractivity contribution is 5.95. The van der Waals surface area contributed by atoms with Gasteiger partial charge in [0.2, 0.25) is 5.75 Å². The van der Waals surface area contributed by atoms with Gasteiger partial charge in [-0.2, -0.15) is 0 Å². The van der Waals surface area contributed by atoms with Crippen molar-refractivity contribution in [1.29, 1.82) is 0 Å². The Morgan fingerprint density at radius 1 is 0.929 bits per heavy atom. The second kappa shape index (κ2) is 6.99. The maximum absolute atomic E-state index is 12.5. The molecule has 0 N–H and O–H groups in total. The largest absolute Gasteiger partial charge is 0.497 e. The van der Waals surface area contributed by atoms with E-state index in [0.717, 1.165) is 11.1 Å². The third-order valence-corrected chi connectivity index (χ3v) is 4.92. The summed E-state index contributed by atoms with van der Waals surface area (Å²) in [5, 5.41) is 0. The Labute approximate surface area is 162 Å². The molecule has 7 nitrogen and oxygen atoms in total. The summed E-state index contributed by atoms with van der Waals surface area (Å²) in [6.07, 6.45) is 0. The Balaban J connectivity index is 1.96. The summed E-state index contributed by atoms with van der Waals surface area (Å²) in [6.45, 7) is 0.112. The highest BCUT2D eigenvalue weighted by Crippen LogP contribution is 2.49. The fourth-order valence-electron chi connectivity index (χ4n) is 3.64. The molecule has 7 heteroatoms. The maximum atomic E-state index is 12.5. The van der Waals surface area contributed by atoms with Crippen molar-refractivity contribution in [2.24, 2.45) is 0 Å². The van der Waals surface area contributed by atoms with E-state index in [2.05, 4.69) is 0 Å². The van der Waals surface area contributed by atoms with E-state index in [1.165, 1.54) is 0 Å². The average molecular weight is 384 g/mol. The van der Waals surface area contributed by atoms with Gasteiger partial charge in [0.15, 0.2) is 17.3 Å². The fraction of sp³-hybridized carbons (Fsp3) is 0.286. The molecule has 2 aromatic carbocycles. The van der Waals surface area contributed by atoms with Crippen LogP contribution in [0.25, 0.3) is 0 Å². The highest BCUT2D eigenvalue weighted by atomic mass is 16.6. The molecule has 0 fully saturated rings. The summed E-state index contributed by atoms with van der Waals surface area (Å²) in [4.78, 5) is 12.5. The van der Waals surface area contributed by atoms with Crippen LogP contribution < -0.4 is 23.7 Å². The maximum Gasteiger partial charge on any atom is 0.339 e. The highest BCUT2D eigenvalue weighted by Gasteiger charge is 2.41. The van der Waals surface area contributed by atoms with Crippen molar-refractivity contribution >= 4 is 5.97 Å². The van der Waals surface area contributed by atoms with Gasteiger partial charge in [-0.15, -0.1) is 0 Å². The lowest BCUT2D eigenvalue weighted by molar-refractivity contribution is -0.136.